The molecular formula is C16H20N2O3. The first kappa shape index (κ1) is 15.3. The van der Waals surface area contributed by atoms with Crippen molar-refractivity contribution in [2.24, 2.45) is 0 Å². The van der Waals surface area contributed by atoms with E-state index in [1.54, 1.807) is 30.3 Å². The van der Waals surface area contributed by atoms with Crippen LogP contribution in [-0.4, -0.2) is 31.0 Å². The lowest BCUT2D eigenvalue weighted by Gasteiger charge is -2.15. The van der Waals surface area contributed by atoms with Crippen LogP contribution in [0.2, 0.25) is 0 Å². The molecule has 0 bridgehead atoms. The third kappa shape index (κ3) is 3.49. The Labute approximate surface area is 124 Å². The molecule has 5 nitrogen and oxygen atoms in total. The Hall–Kier alpha value is -2.14. The second-order valence-electron chi connectivity index (χ2n) is 4.86. The average Bonchev–Trinajstić information content (AvgIpc) is 2.78. The van der Waals surface area contributed by atoms with Gasteiger partial charge in [0.05, 0.1) is 24.8 Å². The molecule has 0 aliphatic carbocycles. The number of carbonyl (C=O) groups is 2. The molecule has 2 amide bonds. The molecule has 1 heterocycles. The monoisotopic (exact) mass is 288 g/mol. The van der Waals surface area contributed by atoms with Crippen LogP contribution >= 0.6 is 0 Å². The predicted molar refractivity (Wildman–Crippen MR) is 81.3 cm³/mol. The number of rotatable bonds is 7. The van der Waals surface area contributed by atoms with E-state index in [0.717, 1.165) is 12.2 Å². The van der Waals surface area contributed by atoms with Crippen LogP contribution < -0.4 is 15.0 Å². The fourth-order valence-electron chi connectivity index (χ4n) is 2.20. The third-order valence-corrected chi connectivity index (χ3v) is 3.22. The average molecular weight is 288 g/mol. The number of imide groups is 1. The summed E-state index contributed by atoms with van der Waals surface area (Å²) in [7, 11) is 0. The van der Waals surface area contributed by atoms with Crippen LogP contribution in [0.1, 0.15) is 19.8 Å². The highest BCUT2D eigenvalue weighted by atomic mass is 16.5. The number of ether oxygens (including phenoxy) is 1. The Kier molecular flexibility index (Phi) is 5.11. The van der Waals surface area contributed by atoms with Gasteiger partial charge >= 0.3 is 0 Å². The highest BCUT2D eigenvalue weighted by molar-refractivity contribution is 6.22. The van der Waals surface area contributed by atoms with Gasteiger partial charge in [0.15, 0.2) is 0 Å². The van der Waals surface area contributed by atoms with Crippen molar-refractivity contribution in [3.05, 3.63) is 36.9 Å². The molecule has 0 unspecified atom stereocenters. The van der Waals surface area contributed by atoms with E-state index in [1.807, 2.05) is 6.92 Å². The summed E-state index contributed by atoms with van der Waals surface area (Å²) in [4.78, 5) is 25.5. The van der Waals surface area contributed by atoms with Gasteiger partial charge in [-0.2, -0.15) is 0 Å². The van der Waals surface area contributed by atoms with Crippen LogP contribution in [0.5, 0.6) is 5.75 Å². The van der Waals surface area contributed by atoms with Crippen molar-refractivity contribution in [3.8, 4) is 5.75 Å². The maximum Gasteiger partial charge on any atom is 0.251 e. The fraction of sp³-hybridized carbons (Fsp3) is 0.375. The van der Waals surface area contributed by atoms with Gasteiger partial charge in [-0.25, -0.2) is 4.90 Å². The molecule has 2 rings (SSSR count). The largest absolute Gasteiger partial charge is 0.494 e. The molecule has 1 aliphatic heterocycles. The predicted octanol–water partition coefficient (Wildman–Crippen LogP) is 1.88. The van der Waals surface area contributed by atoms with Gasteiger partial charge in [0.25, 0.3) is 5.91 Å². The number of nitrogens with one attached hydrogen (secondary N) is 1. The minimum absolute atomic E-state index is 0.181. The zero-order valence-corrected chi connectivity index (χ0v) is 12.2. The third-order valence-electron chi connectivity index (χ3n) is 3.22. The van der Waals surface area contributed by atoms with Crippen molar-refractivity contribution in [1.82, 2.24) is 5.32 Å². The smallest absolute Gasteiger partial charge is 0.251 e. The van der Waals surface area contributed by atoms with E-state index in [9.17, 15) is 9.59 Å². The van der Waals surface area contributed by atoms with E-state index in [4.69, 9.17) is 4.74 Å². The molecular weight excluding hydrogens is 268 g/mol. The van der Waals surface area contributed by atoms with Gasteiger partial charge in [-0.15, -0.1) is 6.58 Å². The first-order chi connectivity index (χ1) is 10.2. The summed E-state index contributed by atoms with van der Waals surface area (Å²) < 4.78 is 5.49. The minimum atomic E-state index is -0.466. The maximum atomic E-state index is 12.3. The SMILES string of the molecule is C=CCN[C@@H]1CC(=O)N(c2ccc(OCCC)cc2)C1=O. The molecule has 5 heteroatoms. The number of nitrogens with zero attached hydrogens (tertiary/aromatic N) is 1. The second kappa shape index (κ2) is 7.04. The van der Waals surface area contributed by atoms with Crippen molar-refractivity contribution in [3.63, 3.8) is 0 Å². The summed E-state index contributed by atoms with van der Waals surface area (Å²) in [6.07, 6.45) is 2.78. The van der Waals surface area contributed by atoms with E-state index in [1.165, 1.54) is 4.90 Å². The normalized spacial score (nSPS) is 18.1. The van der Waals surface area contributed by atoms with Gasteiger partial charge in [-0.05, 0) is 30.7 Å². The zero-order chi connectivity index (χ0) is 15.2. The molecule has 0 radical (unpaired) electrons. The van der Waals surface area contributed by atoms with Gasteiger partial charge < -0.3 is 10.1 Å². The Bertz CT molecular complexity index is 525. The number of benzene rings is 1. The summed E-state index contributed by atoms with van der Waals surface area (Å²) in [6, 6.07) is 6.55. The Morgan fingerprint density at radius 3 is 2.71 bits per heavy atom. The molecule has 1 aromatic rings. The van der Waals surface area contributed by atoms with Crippen LogP contribution in [0.25, 0.3) is 0 Å². The highest BCUT2D eigenvalue weighted by Crippen LogP contribution is 2.25. The number of amides is 2. The van der Waals surface area contributed by atoms with Gasteiger partial charge in [0.2, 0.25) is 5.91 Å². The lowest BCUT2D eigenvalue weighted by molar-refractivity contribution is -0.121. The number of anilines is 1. The number of hydrogen-bond acceptors (Lipinski definition) is 4. The van der Waals surface area contributed by atoms with Crippen LogP contribution in [0, 0.1) is 0 Å². The van der Waals surface area contributed by atoms with Crippen molar-refractivity contribution in [1.29, 1.82) is 0 Å². The number of carbonyl (C=O) groups excluding carboxylic acids is 2. The van der Waals surface area contributed by atoms with Gasteiger partial charge in [0.1, 0.15) is 5.75 Å². The Balaban J connectivity index is 2.08. The number of hydrogen-bond donors (Lipinski definition) is 1. The molecule has 0 saturated carbocycles. The van der Waals surface area contributed by atoms with Crippen LogP contribution in [0.15, 0.2) is 36.9 Å². The molecule has 1 aliphatic rings. The summed E-state index contributed by atoms with van der Waals surface area (Å²) in [5, 5.41) is 3.00. The van der Waals surface area contributed by atoms with Crippen LogP contribution in [-0.2, 0) is 9.59 Å². The zero-order valence-electron chi connectivity index (χ0n) is 12.2. The molecule has 1 atom stereocenters. The fourth-order valence-corrected chi connectivity index (χ4v) is 2.20. The van der Waals surface area contributed by atoms with Gasteiger partial charge in [-0.1, -0.05) is 13.0 Å². The lowest BCUT2D eigenvalue weighted by Crippen LogP contribution is -2.38. The lowest BCUT2D eigenvalue weighted by atomic mass is 10.2. The minimum Gasteiger partial charge on any atom is -0.494 e. The van der Waals surface area contributed by atoms with Gasteiger partial charge in [-0.3, -0.25) is 9.59 Å². The summed E-state index contributed by atoms with van der Waals surface area (Å²) in [5.41, 5.74) is 0.580. The standard InChI is InChI=1S/C16H20N2O3/c1-3-9-17-14-11-15(19)18(16(14)20)12-5-7-13(8-6-12)21-10-4-2/h3,5-8,14,17H,1,4,9-11H2,2H3/t14-/m1/s1. The van der Waals surface area contributed by atoms with E-state index in [2.05, 4.69) is 11.9 Å². The topological polar surface area (TPSA) is 58.6 Å². The van der Waals surface area contributed by atoms with Crippen LogP contribution in [0.4, 0.5) is 5.69 Å². The Morgan fingerprint density at radius 1 is 1.38 bits per heavy atom. The molecule has 1 N–H and O–H groups in total. The van der Waals surface area contributed by atoms with Crippen LogP contribution in [0.3, 0.4) is 0 Å². The quantitative estimate of drug-likeness (QED) is 0.615. The van der Waals surface area contributed by atoms with Crippen molar-refractivity contribution < 1.29 is 14.3 Å². The first-order valence-corrected chi connectivity index (χ1v) is 7.11. The highest BCUT2D eigenvalue weighted by Gasteiger charge is 2.38. The van der Waals surface area contributed by atoms with Crippen molar-refractivity contribution >= 4 is 17.5 Å². The molecule has 0 spiro atoms. The van der Waals surface area contributed by atoms with Crippen molar-refractivity contribution in [2.45, 2.75) is 25.8 Å². The molecule has 1 aromatic carbocycles. The maximum absolute atomic E-state index is 12.3. The van der Waals surface area contributed by atoms with E-state index < -0.39 is 6.04 Å². The van der Waals surface area contributed by atoms with Gasteiger partial charge in [0, 0.05) is 6.54 Å². The molecule has 21 heavy (non-hydrogen) atoms. The molecule has 112 valence electrons. The van der Waals surface area contributed by atoms with E-state index in [-0.39, 0.29) is 18.2 Å². The summed E-state index contributed by atoms with van der Waals surface area (Å²) in [5.74, 6) is 0.328. The van der Waals surface area contributed by atoms with Crippen molar-refractivity contribution in [2.75, 3.05) is 18.1 Å². The van der Waals surface area contributed by atoms with E-state index >= 15 is 0 Å². The molecule has 1 fully saturated rings. The second-order valence-corrected chi connectivity index (χ2v) is 4.86. The summed E-state index contributed by atoms with van der Waals surface area (Å²) in [6.45, 7) is 6.77. The molecule has 0 aromatic heterocycles. The Morgan fingerprint density at radius 2 is 2.10 bits per heavy atom. The summed E-state index contributed by atoms with van der Waals surface area (Å²) >= 11 is 0. The first-order valence-electron chi connectivity index (χ1n) is 7.11. The molecule has 1 saturated heterocycles. The van der Waals surface area contributed by atoms with E-state index in [0.29, 0.717) is 18.8 Å².